The van der Waals surface area contributed by atoms with Gasteiger partial charge in [-0.05, 0) is 42.5 Å². The van der Waals surface area contributed by atoms with Gasteiger partial charge in [-0.25, -0.2) is 4.39 Å². The molecule has 0 radical (unpaired) electrons. The van der Waals surface area contributed by atoms with E-state index in [2.05, 4.69) is 20.2 Å². The van der Waals surface area contributed by atoms with Crippen LogP contribution in [-0.4, -0.2) is 28.8 Å². The van der Waals surface area contributed by atoms with Crippen molar-refractivity contribution < 1.29 is 31.6 Å². The van der Waals surface area contributed by atoms with E-state index in [0.717, 1.165) is 0 Å². The number of nitrogens with zero attached hydrogens (tertiary/aromatic N) is 3. The number of nitrogens with one attached hydrogen (secondary N) is 1. The lowest BCUT2D eigenvalue weighted by atomic mass is 10.2. The Morgan fingerprint density at radius 1 is 1.19 bits per heavy atom. The summed E-state index contributed by atoms with van der Waals surface area (Å²) in [6, 6.07) is 10.9. The van der Waals surface area contributed by atoms with Crippen molar-refractivity contribution >= 4 is 11.6 Å². The van der Waals surface area contributed by atoms with Crippen LogP contribution < -0.4 is 10.1 Å². The number of ether oxygens (including phenoxy) is 1. The molecule has 0 saturated heterocycles. The first-order valence-electron chi connectivity index (χ1n) is 8.85. The lowest BCUT2D eigenvalue weighted by molar-refractivity contribution is -0.153. The fourth-order valence-electron chi connectivity index (χ4n) is 2.50. The van der Waals surface area contributed by atoms with Crippen LogP contribution in [0, 0.1) is 17.1 Å². The highest BCUT2D eigenvalue weighted by Gasteiger charge is 2.28. The maximum absolute atomic E-state index is 13.0. The number of anilines is 1. The van der Waals surface area contributed by atoms with Gasteiger partial charge in [0.25, 0.3) is 0 Å². The van der Waals surface area contributed by atoms with Crippen LogP contribution in [0.25, 0.3) is 11.4 Å². The summed E-state index contributed by atoms with van der Waals surface area (Å²) < 4.78 is 59.4. The van der Waals surface area contributed by atoms with Crippen molar-refractivity contribution in [3.05, 3.63) is 59.7 Å². The van der Waals surface area contributed by atoms with Crippen molar-refractivity contribution in [1.29, 1.82) is 5.26 Å². The second-order valence-corrected chi connectivity index (χ2v) is 6.29. The predicted molar refractivity (Wildman–Crippen MR) is 99.3 cm³/mol. The third-order valence-corrected chi connectivity index (χ3v) is 3.91. The maximum atomic E-state index is 13.0. The average molecular weight is 434 g/mol. The standard InChI is InChI=1S/C20H14F4N4O3/c21-14-3-1-12(2-4-14)19-27-18(31-28-19)8-7-17(29)26-15-5-6-16(13(9-15)10-25)30-11-20(22,23)24/h1-6,9H,7-8,11H2,(H,26,29). The molecule has 31 heavy (non-hydrogen) atoms. The van der Waals surface area contributed by atoms with Crippen molar-refractivity contribution in [2.75, 3.05) is 11.9 Å². The molecule has 3 rings (SSSR count). The zero-order valence-corrected chi connectivity index (χ0v) is 15.7. The molecule has 11 heteroatoms. The number of hydrogen-bond acceptors (Lipinski definition) is 6. The number of aromatic nitrogens is 2. The molecule has 0 aliphatic carbocycles. The molecule has 2 aromatic carbocycles. The van der Waals surface area contributed by atoms with Crippen molar-refractivity contribution in [1.82, 2.24) is 10.1 Å². The third-order valence-electron chi connectivity index (χ3n) is 3.91. The molecule has 160 valence electrons. The summed E-state index contributed by atoms with van der Waals surface area (Å²) in [7, 11) is 0. The lowest BCUT2D eigenvalue weighted by Crippen LogP contribution is -2.19. The third kappa shape index (κ3) is 6.27. The molecule has 0 unspecified atom stereocenters. The SMILES string of the molecule is N#Cc1cc(NC(=O)CCc2nc(-c3ccc(F)cc3)no2)ccc1OCC(F)(F)F. The number of nitriles is 1. The Kier molecular flexibility index (Phi) is 6.49. The molecule has 7 nitrogen and oxygen atoms in total. The first kappa shape index (κ1) is 21.8. The number of carbonyl (C=O) groups is 1. The van der Waals surface area contributed by atoms with Crippen LogP contribution in [0.3, 0.4) is 0 Å². The second-order valence-electron chi connectivity index (χ2n) is 6.29. The molecule has 0 aliphatic heterocycles. The summed E-state index contributed by atoms with van der Waals surface area (Å²) in [5.41, 5.74) is 0.624. The van der Waals surface area contributed by atoms with Gasteiger partial charge in [-0.3, -0.25) is 4.79 Å². The van der Waals surface area contributed by atoms with E-state index in [1.165, 1.54) is 42.5 Å². The van der Waals surface area contributed by atoms with E-state index in [-0.39, 0.29) is 41.6 Å². The van der Waals surface area contributed by atoms with Gasteiger partial charge in [0.1, 0.15) is 17.6 Å². The topological polar surface area (TPSA) is 101 Å². The summed E-state index contributed by atoms with van der Waals surface area (Å²) in [6.45, 7) is -1.53. The zero-order chi connectivity index (χ0) is 22.4. The number of benzene rings is 2. The summed E-state index contributed by atoms with van der Waals surface area (Å²) in [6.07, 6.45) is -4.44. The van der Waals surface area contributed by atoms with Crippen molar-refractivity contribution in [3.8, 4) is 23.2 Å². The Morgan fingerprint density at radius 3 is 2.61 bits per heavy atom. The molecular weight excluding hydrogens is 420 g/mol. The highest BCUT2D eigenvalue weighted by atomic mass is 19.4. The van der Waals surface area contributed by atoms with Gasteiger partial charge in [0, 0.05) is 24.1 Å². The van der Waals surface area contributed by atoms with Crippen LogP contribution in [0.5, 0.6) is 5.75 Å². The number of aryl methyl sites for hydroxylation is 1. The minimum absolute atomic E-state index is 0.0285. The predicted octanol–water partition coefficient (Wildman–Crippen LogP) is 4.26. The van der Waals surface area contributed by atoms with Crippen LogP contribution in [0.1, 0.15) is 17.9 Å². The smallest absolute Gasteiger partial charge is 0.422 e. The zero-order valence-electron chi connectivity index (χ0n) is 15.7. The number of rotatable bonds is 7. The number of alkyl halides is 3. The molecule has 1 heterocycles. The molecule has 1 aromatic heterocycles. The molecule has 1 amide bonds. The summed E-state index contributed by atoms with van der Waals surface area (Å²) in [5, 5.41) is 15.4. The molecule has 0 spiro atoms. The summed E-state index contributed by atoms with van der Waals surface area (Å²) in [5.74, 6) is -0.623. The van der Waals surface area contributed by atoms with Crippen LogP contribution in [0.4, 0.5) is 23.2 Å². The first-order valence-corrected chi connectivity index (χ1v) is 8.85. The fraction of sp³-hybridized carbons (Fsp3) is 0.200. The Hall–Kier alpha value is -3.94. The van der Waals surface area contributed by atoms with Crippen LogP contribution in [0.15, 0.2) is 47.0 Å². The van der Waals surface area contributed by atoms with Crippen LogP contribution in [0.2, 0.25) is 0 Å². The summed E-state index contributed by atoms with van der Waals surface area (Å²) in [4.78, 5) is 16.3. The normalized spacial score (nSPS) is 11.1. The number of amides is 1. The molecule has 0 aliphatic rings. The number of hydrogen-bond donors (Lipinski definition) is 1. The van der Waals surface area contributed by atoms with Gasteiger partial charge < -0.3 is 14.6 Å². The molecular formula is C20H14F4N4O3. The van der Waals surface area contributed by atoms with E-state index < -0.39 is 24.5 Å². The van der Waals surface area contributed by atoms with Crippen molar-refractivity contribution in [2.24, 2.45) is 0 Å². The maximum Gasteiger partial charge on any atom is 0.422 e. The molecule has 0 fully saturated rings. The monoisotopic (exact) mass is 434 g/mol. The van der Waals surface area contributed by atoms with Crippen molar-refractivity contribution in [3.63, 3.8) is 0 Å². The quantitative estimate of drug-likeness (QED) is 0.558. The fourth-order valence-corrected chi connectivity index (χ4v) is 2.50. The van der Waals surface area contributed by atoms with Gasteiger partial charge >= 0.3 is 6.18 Å². The average Bonchev–Trinajstić information content (AvgIpc) is 3.20. The number of carbonyl (C=O) groups excluding carboxylic acids is 1. The van der Waals surface area contributed by atoms with E-state index in [9.17, 15) is 22.4 Å². The molecule has 0 atom stereocenters. The van der Waals surface area contributed by atoms with Crippen molar-refractivity contribution in [2.45, 2.75) is 19.0 Å². The minimum atomic E-state index is -4.54. The van der Waals surface area contributed by atoms with E-state index in [4.69, 9.17) is 9.78 Å². The molecule has 0 saturated carbocycles. The highest BCUT2D eigenvalue weighted by Crippen LogP contribution is 2.25. The van der Waals surface area contributed by atoms with E-state index >= 15 is 0 Å². The van der Waals surface area contributed by atoms with E-state index in [1.54, 1.807) is 6.07 Å². The highest BCUT2D eigenvalue weighted by molar-refractivity contribution is 5.91. The minimum Gasteiger partial charge on any atom is -0.483 e. The summed E-state index contributed by atoms with van der Waals surface area (Å²) >= 11 is 0. The van der Waals surface area contributed by atoms with Crippen LogP contribution >= 0.6 is 0 Å². The van der Waals surface area contributed by atoms with Gasteiger partial charge in [0.2, 0.25) is 17.6 Å². The van der Waals surface area contributed by atoms with Gasteiger partial charge in [-0.15, -0.1) is 0 Å². The van der Waals surface area contributed by atoms with E-state index in [1.807, 2.05) is 0 Å². The van der Waals surface area contributed by atoms with E-state index in [0.29, 0.717) is 5.56 Å². The second kappa shape index (κ2) is 9.25. The molecule has 1 N–H and O–H groups in total. The first-order chi connectivity index (χ1) is 14.7. The molecule has 0 bridgehead atoms. The largest absolute Gasteiger partial charge is 0.483 e. The van der Waals surface area contributed by atoms with Gasteiger partial charge in [0.05, 0.1) is 5.56 Å². The lowest BCUT2D eigenvalue weighted by Gasteiger charge is -2.11. The Labute approximate surface area is 173 Å². The number of halogens is 4. The van der Waals surface area contributed by atoms with Gasteiger partial charge in [0.15, 0.2) is 6.61 Å². The van der Waals surface area contributed by atoms with Gasteiger partial charge in [-0.1, -0.05) is 5.16 Å². The van der Waals surface area contributed by atoms with Crippen LogP contribution in [-0.2, 0) is 11.2 Å². The molecule has 3 aromatic rings. The Balaban J connectivity index is 1.56. The Morgan fingerprint density at radius 2 is 1.94 bits per heavy atom. The Bertz CT molecular complexity index is 1100. The van der Waals surface area contributed by atoms with Gasteiger partial charge in [-0.2, -0.15) is 23.4 Å².